The Balaban J connectivity index is 2.46. The number of para-hydroxylation sites is 1. The molecule has 1 fully saturated rings. The Morgan fingerprint density at radius 3 is 2.44 bits per heavy atom. The molecule has 16 heavy (non-hydrogen) atoms. The summed E-state index contributed by atoms with van der Waals surface area (Å²) in [4.78, 5) is 0. The normalized spacial score (nSPS) is 17.0. The van der Waals surface area contributed by atoms with E-state index in [9.17, 15) is 13.2 Å². The molecule has 0 saturated carbocycles. The highest BCUT2D eigenvalue weighted by Gasteiger charge is 2.36. The molecule has 1 aromatic rings. The molecule has 1 heterocycles. The second-order valence-electron chi connectivity index (χ2n) is 3.78. The topological polar surface area (TPSA) is 21.3 Å². The summed E-state index contributed by atoms with van der Waals surface area (Å²) in [7, 11) is 1.28. The fourth-order valence-corrected chi connectivity index (χ4v) is 1.84. The van der Waals surface area contributed by atoms with Gasteiger partial charge in [0, 0.05) is 24.6 Å². The number of nitrogens with one attached hydrogen (secondary N) is 1. The number of methoxy groups -OCH3 is 1. The van der Waals surface area contributed by atoms with Crippen molar-refractivity contribution >= 4 is 0 Å². The van der Waals surface area contributed by atoms with Crippen LogP contribution in [0.5, 0.6) is 5.75 Å². The van der Waals surface area contributed by atoms with E-state index in [1.165, 1.54) is 13.2 Å². The highest BCUT2D eigenvalue weighted by Crippen LogP contribution is 2.40. The van der Waals surface area contributed by atoms with Gasteiger partial charge in [0.15, 0.2) is 0 Å². The maximum atomic E-state index is 12.7. The summed E-state index contributed by atoms with van der Waals surface area (Å²) >= 11 is 0. The van der Waals surface area contributed by atoms with E-state index in [1.807, 2.05) is 0 Å². The van der Waals surface area contributed by atoms with Crippen LogP contribution in [0, 0.1) is 0 Å². The molecule has 0 unspecified atom stereocenters. The molecule has 0 amide bonds. The second kappa shape index (κ2) is 3.97. The first kappa shape index (κ1) is 11.3. The lowest BCUT2D eigenvalue weighted by atomic mass is 9.91. The monoisotopic (exact) mass is 231 g/mol. The number of ether oxygens (including phenoxy) is 1. The standard InChI is InChI=1S/C11H12F3NO/c1-16-10-8(7-5-15-6-7)3-2-4-9(10)11(12,13)14/h2-4,7,15H,5-6H2,1H3. The zero-order valence-corrected chi connectivity index (χ0v) is 8.77. The van der Waals surface area contributed by atoms with Gasteiger partial charge in [-0.15, -0.1) is 0 Å². The van der Waals surface area contributed by atoms with Crippen LogP contribution in [-0.2, 0) is 6.18 Å². The maximum absolute atomic E-state index is 12.7. The third kappa shape index (κ3) is 1.87. The number of benzene rings is 1. The predicted octanol–water partition coefficient (Wildman–Crippen LogP) is 2.40. The summed E-state index contributed by atoms with van der Waals surface area (Å²) in [6.07, 6.45) is -4.36. The smallest absolute Gasteiger partial charge is 0.419 e. The van der Waals surface area contributed by atoms with Crippen LogP contribution in [0.3, 0.4) is 0 Å². The molecule has 1 N–H and O–H groups in total. The van der Waals surface area contributed by atoms with E-state index in [0.717, 1.165) is 6.07 Å². The predicted molar refractivity (Wildman–Crippen MR) is 53.6 cm³/mol. The SMILES string of the molecule is COc1c(C2CNC2)cccc1C(F)(F)F. The molecular weight excluding hydrogens is 219 g/mol. The van der Waals surface area contributed by atoms with Crippen molar-refractivity contribution < 1.29 is 17.9 Å². The molecule has 0 radical (unpaired) electrons. The summed E-state index contributed by atoms with van der Waals surface area (Å²) < 4.78 is 43.0. The lowest BCUT2D eigenvalue weighted by Crippen LogP contribution is -2.40. The Morgan fingerprint density at radius 1 is 1.31 bits per heavy atom. The number of hydrogen-bond acceptors (Lipinski definition) is 2. The van der Waals surface area contributed by atoms with E-state index in [0.29, 0.717) is 18.7 Å². The van der Waals surface area contributed by atoms with Crippen molar-refractivity contribution in [3.8, 4) is 5.75 Å². The fraction of sp³-hybridized carbons (Fsp3) is 0.455. The Kier molecular flexibility index (Phi) is 2.80. The van der Waals surface area contributed by atoms with E-state index >= 15 is 0 Å². The molecular formula is C11H12F3NO. The van der Waals surface area contributed by atoms with Crippen LogP contribution in [0.4, 0.5) is 13.2 Å². The first-order chi connectivity index (χ1) is 7.54. The Hall–Kier alpha value is -1.23. The first-order valence-corrected chi connectivity index (χ1v) is 4.99. The minimum atomic E-state index is -4.36. The van der Waals surface area contributed by atoms with Gasteiger partial charge < -0.3 is 10.1 Å². The quantitative estimate of drug-likeness (QED) is 0.843. The molecule has 1 aliphatic rings. The first-order valence-electron chi connectivity index (χ1n) is 4.99. The van der Waals surface area contributed by atoms with Crippen LogP contribution in [0.1, 0.15) is 17.0 Å². The van der Waals surface area contributed by atoms with Gasteiger partial charge in [0.2, 0.25) is 0 Å². The molecule has 5 heteroatoms. The Labute approximate surface area is 91.4 Å². The summed E-state index contributed by atoms with van der Waals surface area (Å²) in [5.74, 6) is 0.0822. The maximum Gasteiger partial charge on any atom is 0.419 e. The summed E-state index contributed by atoms with van der Waals surface area (Å²) in [6.45, 7) is 1.41. The number of halogens is 3. The van der Waals surface area contributed by atoms with Crippen molar-refractivity contribution in [2.75, 3.05) is 20.2 Å². The van der Waals surface area contributed by atoms with Crippen LogP contribution in [-0.4, -0.2) is 20.2 Å². The molecule has 0 atom stereocenters. The van der Waals surface area contributed by atoms with Crippen molar-refractivity contribution in [3.63, 3.8) is 0 Å². The average molecular weight is 231 g/mol. The Morgan fingerprint density at radius 2 is 2.00 bits per heavy atom. The molecule has 1 aliphatic heterocycles. The van der Waals surface area contributed by atoms with Gasteiger partial charge in [-0.05, 0) is 6.07 Å². The van der Waals surface area contributed by atoms with Gasteiger partial charge in [0.1, 0.15) is 5.75 Å². The molecule has 0 bridgehead atoms. The van der Waals surface area contributed by atoms with Gasteiger partial charge in [-0.1, -0.05) is 12.1 Å². The zero-order chi connectivity index (χ0) is 11.8. The van der Waals surface area contributed by atoms with E-state index < -0.39 is 11.7 Å². The number of rotatable bonds is 2. The molecule has 1 saturated heterocycles. The third-order valence-electron chi connectivity index (χ3n) is 2.78. The fourth-order valence-electron chi connectivity index (χ4n) is 1.84. The van der Waals surface area contributed by atoms with Gasteiger partial charge in [-0.2, -0.15) is 13.2 Å². The number of alkyl halides is 3. The molecule has 1 aromatic carbocycles. The minimum Gasteiger partial charge on any atom is -0.496 e. The second-order valence-corrected chi connectivity index (χ2v) is 3.78. The highest BCUT2D eigenvalue weighted by atomic mass is 19.4. The highest BCUT2D eigenvalue weighted by molar-refractivity contribution is 5.46. The van der Waals surface area contributed by atoms with Gasteiger partial charge in [0.25, 0.3) is 0 Å². The largest absolute Gasteiger partial charge is 0.496 e. The summed E-state index contributed by atoms with van der Waals surface area (Å²) in [5.41, 5.74) is -0.0597. The minimum absolute atomic E-state index is 0.0403. The number of hydrogen-bond donors (Lipinski definition) is 1. The summed E-state index contributed by atoms with van der Waals surface area (Å²) in [5, 5.41) is 3.03. The van der Waals surface area contributed by atoms with E-state index in [1.54, 1.807) is 6.07 Å². The van der Waals surface area contributed by atoms with Crippen molar-refractivity contribution in [1.82, 2.24) is 5.32 Å². The lowest BCUT2D eigenvalue weighted by Gasteiger charge is -2.29. The third-order valence-corrected chi connectivity index (χ3v) is 2.78. The van der Waals surface area contributed by atoms with Gasteiger partial charge in [0.05, 0.1) is 12.7 Å². The van der Waals surface area contributed by atoms with Gasteiger partial charge in [-0.25, -0.2) is 0 Å². The van der Waals surface area contributed by atoms with Crippen molar-refractivity contribution in [3.05, 3.63) is 29.3 Å². The van der Waals surface area contributed by atoms with Crippen LogP contribution in [0.2, 0.25) is 0 Å². The van der Waals surface area contributed by atoms with Crippen LogP contribution in [0.25, 0.3) is 0 Å². The van der Waals surface area contributed by atoms with Crippen molar-refractivity contribution in [2.45, 2.75) is 12.1 Å². The van der Waals surface area contributed by atoms with E-state index in [4.69, 9.17) is 4.74 Å². The van der Waals surface area contributed by atoms with Crippen LogP contribution >= 0.6 is 0 Å². The Bertz CT molecular complexity index is 385. The zero-order valence-electron chi connectivity index (χ0n) is 8.77. The molecule has 0 spiro atoms. The van der Waals surface area contributed by atoms with Crippen molar-refractivity contribution in [2.24, 2.45) is 0 Å². The lowest BCUT2D eigenvalue weighted by molar-refractivity contribution is -0.138. The van der Waals surface area contributed by atoms with E-state index in [-0.39, 0.29) is 11.7 Å². The molecule has 0 aliphatic carbocycles. The molecule has 2 nitrogen and oxygen atoms in total. The van der Waals surface area contributed by atoms with Crippen LogP contribution < -0.4 is 10.1 Å². The summed E-state index contributed by atoms with van der Waals surface area (Å²) in [6, 6.07) is 4.17. The molecule has 0 aromatic heterocycles. The molecule has 88 valence electrons. The van der Waals surface area contributed by atoms with Crippen molar-refractivity contribution in [1.29, 1.82) is 0 Å². The van der Waals surface area contributed by atoms with Gasteiger partial charge in [-0.3, -0.25) is 0 Å². The van der Waals surface area contributed by atoms with E-state index in [2.05, 4.69) is 5.32 Å². The van der Waals surface area contributed by atoms with Crippen LogP contribution in [0.15, 0.2) is 18.2 Å². The average Bonchev–Trinajstić information content (AvgIpc) is 2.13. The molecule has 2 rings (SSSR count). The van der Waals surface area contributed by atoms with Gasteiger partial charge >= 0.3 is 6.18 Å².